The van der Waals surface area contributed by atoms with Gasteiger partial charge in [-0.1, -0.05) is 13.8 Å². The molecule has 0 bridgehead atoms. The van der Waals surface area contributed by atoms with Crippen LogP contribution in [0, 0.1) is 16.0 Å². The van der Waals surface area contributed by atoms with Crippen molar-refractivity contribution in [1.29, 1.82) is 0 Å². The van der Waals surface area contributed by atoms with Crippen LogP contribution in [0.5, 0.6) is 5.75 Å². The number of hydrogen-bond acceptors (Lipinski definition) is 5. The second-order valence-electron chi connectivity index (χ2n) is 4.32. The zero-order valence-corrected chi connectivity index (χ0v) is 10.7. The fourth-order valence-corrected chi connectivity index (χ4v) is 1.53. The number of anilines is 1. The van der Waals surface area contributed by atoms with E-state index in [4.69, 9.17) is 4.74 Å². The Labute approximate surface area is 106 Å². The molecule has 1 aromatic carbocycles. The van der Waals surface area contributed by atoms with Crippen LogP contribution in [-0.4, -0.2) is 29.8 Å². The summed E-state index contributed by atoms with van der Waals surface area (Å²) >= 11 is 0. The number of methoxy groups -OCH3 is 1. The summed E-state index contributed by atoms with van der Waals surface area (Å²) in [6.07, 6.45) is 0. The number of rotatable bonds is 6. The first-order chi connectivity index (χ1) is 8.49. The second kappa shape index (κ2) is 6.20. The number of ether oxygens (including phenoxy) is 1. The third kappa shape index (κ3) is 3.33. The molecule has 0 heterocycles. The lowest BCUT2D eigenvalue weighted by atomic mass is 10.0. The summed E-state index contributed by atoms with van der Waals surface area (Å²) in [6, 6.07) is 4.36. The number of aliphatic hydroxyl groups excluding tert-OH is 1. The van der Waals surface area contributed by atoms with Crippen molar-refractivity contribution in [2.75, 3.05) is 19.0 Å². The summed E-state index contributed by atoms with van der Waals surface area (Å²) in [4.78, 5) is 10.5. The van der Waals surface area contributed by atoms with E-state index in [0.717, 1.165) is 0 Å². The van der Waals surface area contributed by atoms with Crippen LogP contribution < -0.4 is 10.1 Å². The molecule has 6 heteroatoms. The first kappa shape index (κ1) is 14.2. The molecule has 0 spiro atoms. The third-order valence-electron chi connectivity index (χ3n) is 2.74. The molecule has 0 fully saturated rings. The number of nitro benzene ring substituents is 1. The average molecular weight is 254 g/mol. The summed E-state index contributed by atoms with van der Waals surface area (Å²) in [6.45, 7) is 3.79. The van der Waals surface area contributed by atoms with E-state index in [1.54, 1.807) is 12.1 Å². The summed E-state index contributed by atoms with van der Waals surface area (Å²) < 4.78 is 4.96. The van der Waals surface area contributed by atoms with Crippen LogP contribution in [0.2, 0.25) is 0 Å². The smallest absolute Gasteiger partial charge is 0.296 e. The quantitative estimate of drug-likeness (QED) is 0.599. The molecule has 1 atom stereocenters. The molecule has 1 unspecified atom stereocenters. The van der Waals surface area contributed by atoms with Crippen LogP contribution >= 0.6 is 0 Å². The van der Waals surface area contributed by atoms with Gasteiger partial charge in [0.05, 0.1) is 30.7 Å². The van der Waals surface area contributed by atoms with Gasteiger partial charge in [-0.05, 0) is 18.1 Å². The first-order valence-electron chi connectivity index (χ1n) is 5.69. The second-order valence-corrected chi connectivity index (χ2v) is 4.32. The van der Waals surface area contributed by atoms with E-state index in [-0.39, 0.29) is 24.3 Å². The summed E-state index contributed by atoms with van der Waals surface area (Å²) in [5, 5.41) is 23.2. The van der Waals surface area contributed by atoms with Gasteiger partial charge in [0.25, 0.3) is 5.69 Å². The SMILES string of the molecule is COc1ccc(NC(CO)C(C)C)c([N+](=O)[O-])c1. The van der Waals surface area contributed by atoms with Crippen LogP contribution in [0.25, 0.3) is 0 Å². The van der Waals surface area contributed by atoms with Crippen molar-refractivity contribution in [3.63, 3.8) is 0 Å². The Morgan fingerprint density at radius 3 is 2.61 bits per heavy atom. The Balaban J connectivity index is 3.04. The predicted octanol–water partition coefficient (Wildman–Crippen LogP) is 2.03. The van der Waals surface area contributed by atoms with E-state index in [0.29, 0.717) is 11.4 Å². The van der Waals surface area contributed by atoms with Crippen LogP contribution in [0.1, 0.15) is 13.8 Å². The molecule has 0 aliphatic heterocycles. The average Bonchev–Trinajstić information content (AvgIpc) is 2.35. The summed E-state index contributed by atoms with van der Waals surface area (Å²) in [5.41, 5.74) is 0.321. The molecule has 0 saturated heterocycles. The van der Waals surface area contributed by atoms with Gasteiger partial charge in [-0.15, -0.1) is 0 Å². The van der Waals surface area contributed by atoms with Gasteiger partial charge in [0, 0.05) is 0 Å². The van der Waals surface area contributed by atoms with Gasteiger partial charge in [-0.2, -0.15) is 0 Å². The van der Waals surface area contributed by atoms with Crippen molar-refractivity contribution >= 4 is 11.4 Å². The number of nitrogens with one attached hydrogen (secondary N) is 1. The lowest BCUT2D eigenvalue weighted by Gasteiger charge is -2.21. The molecule has 0 amide bonds. The number of hydrogen-bond donors (Lipinski definition) is 2. The minimum absolute atomic E-state index is 0.0616. The highest BCUT2D eigenvalue weighted by atomic mass is 16.6. The van der Waals surface area contributed by atoms with Crippen molar-refractivity contribution in [1.82, 2.24) is 0 Å². The molecule has 100 valence electrons. The molecule has 1 rings (SSSR count). The van der Waals surface area contributed by atoms with E-state index in [9.17, 15) is 15.2 Å². The van der Waals surface area contributed by atoms with Crippen LogP contribution in [0.3, 0.4) is 0 Å². The largest absolute Gasteiger partial charge is 0.496 e. The number of nitrogens with zero attached hydrogens (tertiary/aromatic N) is 1. The predicted molar refractivity (Wildman–Crippen MR) is 69.0 cm³/mol. The van der Waals surface area contributed by atoms with Crippen LogP contribution in [0.4, 0.5) is 11.4 Å². The Kier molecular flexibility index (Phi) is 4.91. The normalized spacial score (nSPS) is 12.3. The fourth-order valence-electron chi connectivity index (χ4n) is 1.53. The topological polar surface area (TPSA) is 84.6 Å². The van der Waals surface area contributed by atoms with Crippen LogP contribution in [0.15, 0.2) is 18.2 Å². The summed E-state index contributed by atoms with van der Waals surface area (Å²) in [7, 11) is 1.46. The molecule has 1 aromatic rings. The van der Waals surface area contributed by atoms with Crippen molar-refractivity contribution in [3.05, 3.63) is 28.3 Å². The Hall–Kier alpha value is -1.82. The van der Waals surface area contributed by atoms with E-state index in [1.165, 1.54) is 13.2 Å². The lowest BCUT2D eigenvalue weighted by Crippen LogP contribution is -2.29. The van der Waals surface area contributed by atoms with Crippen molar-refractivity contribution < 1.29 is 14.8 Å². The Morgan fingerprint density at radius 1 is 1.50 bits per heavy atom. The van der Waals surface area contributed by atoms with Gasteiger partial charge in [-0.25, -0.2) is 0 Å². The minimum atomic E-state index is -0.473. The zero-order valence-electron chi connectivity index (χ0n) is 10.7. The van der Waals surface area contributed by atoms with Gasteiger partial charge in [-0.3, -0.25) is 10.1 Å². The zero-order chi connectivity index (χ0) is 13.7. The Morgan fingerprint density at radius 2 is 2.17 bits per heavy atom. The minimum Gasteiger partial charge on any atom is -0.496 e. The molecule has 6 nitrogen and oxygen atoms in total. The third-order valence-corrected chi connectivity index (χ3v) is 2.74. The van der Waals surface area contributed by atoms with E-state index >= 15 is 0 Å². The Bertz CT molecular complexity index is 421. The first-order valence-corrected chi connectivity index (χ1v) is 5.69. The van der Waals surface area contributed by atoms with Crippen LogP contribution in [-0.2, 0) is 0 Å². The molecule has 18 heavy (non-hydrogen) atoms. The molecule has 2 N–H and O–H groups in total. The molecule has 0 aliphatic rings. The summed E-state index contributed by atoms with van der Waals surface area (Å²) in [5.74, 6) is 0.592. The van der Waals surface area contributed by atoms with Gasteiger partial charge in [0.1, 0.15) is 11.4 Å². The van der Waals surface area contributed by atoms with Gasteiger partial charge in [0.2, 0.25) is 0 Å². The highest BCUT2D eigenvalue weighted by molar-refractivity contribution is 5.64. The van der Waals surface area contributed by atoms with Crippen molar-refractivity contribution in [2.45, 2.75) is 19.9 Å². The molecular formula is C12H18N2O4. The van der Waals surface area contributed by atoms with Gasteiger partial charge in [0.15, 0.2) is 0 Å². The number of nitro groups is 1. The van der Waals surface area contributed by atoms with Gasteiger partial charge >= 0.3 is 0 Å². The van der Waals surface area contributed by atoms with E-state index in [1.807, 2.05) is 13.8 Å². The van der Waals surface area contributed by atoms with Crippen molar-refractivity contribution in [3.8, 4) is 5.75 Å². The number of benzene rings is 1. The van der Waals surface area contributed by atoms with Gasteiger partial charge < -0.3 is 15.2 Å². The standard InChI is InChI=1S/C12H18N2O4/c1-8(2)11(7-15)13-10-5-4-9(18-3)6-12(10)14(16)17/h4-6,8,11,13,15H,7H2,1-3H3. The monoisotopic (exact) mass is 254 g/mol. The highest BCUT2D eigenvalue weighted by Crippen LogP contribution is 2.30. The molecule has 0 radical (unpaired) electrons. The van der Waals surface area contributed by atoms with Crippen molar-refractivity contribution in [2.24, 2.45) is 5.92 Å². The lowest BCUT2D eigenvalue weighted by molar-refractivity contribution is -0.384. The fraction of sp³-hybridized carbons (Fsp3) is 0.500. The maximum absolute atomic E-state index is 11.0. The molecule has 0 aromatic heterocycles. The van der Waals surface area contributed by atoms with E-state index < -0.39 is 4.92 Å². The highest BCUT2D eigenvalue weighted by Gasteiger charge is 2.19. The molecule has 0 aliphatic carbocycles. The molecule has 0 saturated carbocycles. The maximum Gasteiger partial charge on any atom is 0.296 e. The van der Waals surface area contributed by atoms with E-state index in [2.05, 4.69) is 5.32 Å². The maximum atomic E-state index is 11.0. The number of aliphatic hydroxyl groups is 1. The molecular weight excluding hydrogens is 236 g/mol.